The lowest BCUT2D eigenvalue weighted by Crippen LogP contribution is -2.55. The predicted octanol–water partition coefficient (Wildman–Crippen LogP) is 3.88. The highest BCUT2D eigenvalue weighted by Gasteiger charge is 2.49. The number of aliphatic hydroxyl groups excluding tert-OH is 1. The van der Waals surface area contributed by atoms with E-state index in [0.717, 1.165) is 42.1 Å². The van der Waals surface area contributed by atoms with Crippen molar-refractivity contribution in [2.45, 2.75) is 69.5 Å². The summed E-state index contributed by atoms with van der Waals surface area (Å²) >= 11 is 0. The second kappa shape index (κ2) is 11.5. The van der Waals surface area contributed by atoms with Gasteiger partial charge in [0.15, 0.2) is 0 Å². The molecule has 0 radical (unpaired) electrons. The third kappa shape index (κ3) is 5.15. The average Bonchev–Trinajstić information content (AvgIpc) is 3.44. The number of β-lactam (4-membered cyclic amide) rings is 1. The molecular weight excluding hydrogens is 524 g/mol. The fraction of sp³-hybridized carbons (Fsp3) is 0.548. The molecule has 5 rings (SSSR count). The SMILES string of the molecule is COc1ccc([Si](C)(C)C(CC(=O)N2CCC[C@H]2CO)[C@@H]2Oc3ccc(N4CCC4=O)cc3[C@H](OC)[C@H]2C)cc1. The Bertz CT molecular complexity index is 1230. The van der Waals surface area contributed by atoms with Crippen LogP contribution in [0.5, 0.6) is 11.5 Å². The second-order valence-corrected chi connectivity index (χ2v) is 16.7. The third-order valence-electron chi connectivity index (χ3n) is 9.43. The summed E-state index contributed by atoms with van der Waals surface area (Å²) in [6, 6.07) is 14.0. The summed E-state index contributed by atoms with van der Waals surface area (Å²) in [7, 11) is 1.06. The van der Waals surface area contributed by atoms with Gasteiger partial charge in [-0.25, -0.2) is 0 Å². The Morgan fingerprint density at radius 3 is 2.50 bits per heavy atom. The molecule has 8 nitrogen and oxygen atoms in total. The number of nitrogens with zero attached hydrogens (tertiary/aromatic N) is 2. The molecular formula is C31H42N2O6Si. The molecule has 0 spiro atoms. The molecule has 0 bridgehead atoms. The first-order valence-electron chi connectivity index (χ1n) is 14.4. The minimum Gasteiger partial charge on any atom is -0.497 e. The molecule has 3 aliphatic heterocycles. The third-order valence-corrected chi connectivity index (χ3v) is 13.6. The van der Waals surface area contributed by atoms with Crippen LogP contribution in [0.15, 0.2) is 42.5 Å². The van der Waals surface area contributed by atoms with Crippen LogP contribution in [0.4, 0.5) is 5.69 Å². The van der Waals surface area contributed by atoms with Crippen molar-refractivity contribution in [1.82, 2.24) is 4.90 Å². The van der Waals surface area contributed by atoms with Gasteiger partial charge in [0.2, 0.25) is 11.8 Å². The minimum atomic E-state index is -2.32. The summed E-state index contributed by atoms with van der Waals surface area (Å²) in [5.74, 6) is 1.73. The van der Waals surface area contributed by atoms with Gasteiger partial charge in [0, 0.05) is 55.8 Å². The van der Waals surface area contributed by atoms with E-state index in [-0.39, 0.29) is 48.1 Å². The normalized spacial score (nSPS) is 25.2. The molecule has 3 heterocycles. The second-order valence-electron chi connectivity index (χ2n) is 11.9. The van der Waals surface area contributed by atoms with Crippen LogP contribution >= 0.6 is 0 Å². The fourth-order valence-corrected chi connectivity index (χ4v) is 10.1. The number of hydrogen-bond donors (Lipinski definition) is 1. The summed E-state index contributed by atoms with van der Waals surface area (Å²) < 4.78 is 18.3. The van der Waals surface area contributed by atoms with Gasteiger partial charge in [-0.1, -0.05) is 37.3 Å². The predicted molar refractivity (Wildman–Crippen MR) is 157 cm³/mol. The van der Waals surface area contributed by atoms with E-state index < -0.39 is 8.07 Å². The number of rotatable bonds is 9. The molecule has 5 atom stereocenters. The largest absolute Gasteiger partial charge is 0.497 e. The number of ether oxygens (including phenoxy) is 3. The zero-order valence-electron chi connectivity index (χ0n) is 24.3. The van der Waals surface area contributed by atoms with E-state index in [9.17, 15) is 14.7 Å². The quantitative estimate of drug-likeness (QED) is 0.366. The number of anilines is 1. The van der Waals surface area contributed by atoms with Crippen molar-refractivity contribution in [2.75, 3.05) is 38.8 Å². The van der Waals surface area contributed by atoms with Crippen molar-refractivity contribution in [3.8, 4) is 11.5 Å². The molecule has 2 amide bonds. The number of carbonyl (C=O) groups is 2. The number of methoxy groups -OCH3 is 2. The Kier molecular flexibility index (Phi) is 8.26. The van der Waals surface area contributed by atoms with Crippen LogP contribution < -0.4 is 19.6 Å². The molecule has 1 unspecified atom stereocenters. The number of carbonyl (C=O) groups excluding carboxylic acids is 2. The van der Waals surface area contributed by atoms with Crippen molar-refractivity contribution >= 4 is 30.8 Å². The lowest BCUT2D eigenvalue weighted by Gasteiger charge is -2.46. The van der Waals surface area contributed by atoms with Gasteiger partial charge >= 0.3 is 0 Å². The number of likely N-dealkylation sites (tertiary alicyclic amines) is 1. The molecule has 2 fully saturated rings. The van der Waals surface area contributed by atoms with E-state index in [0.29, 0.717) is 19.4 Å². The maximum atomic E-state index is 13.8. The highest BCUT2D eigenvalue weighted by atomic mass is 28.3. The lowest BCUT2D eigenvalue weighted by atomic mass is 9.86. The van der Waals surface area contributed by atoms with Crippen molar-refractivity contribution < 1.29 is 28.9 Å². The first kappa shape index (κ1) is 28.6. The maximum absolute atomic E-state index is 13.8. The van der Waals surface area contributed by atoms with E-state index in [4.69, 9.17) is 14.2 Å². The Morgan fingerprint density at radius 1 is 1.15 bits per heavy atom. The Morgan fingerprint density at radius 2 is 1.90 bits per heavy atom. The van der Waals surface area contributed by atoms with Crippen LogP contribution in [-0.2, 0) is 14.3 Å². The van der Waals surface area contributed by atoms with Crippen molar-refractivity contribution in [3.05, 3.63) is 48.0 Å². The molecule has 3 aliphatic rings. The highest BCUT2D eigenvalue weighted by molar-refractivity contribution is 6.91. The molecule has 0 aliphatic carbocycles. The van der Waals surface area contributed by atoms with E-state index in [2.05, 4.69) is 32.2 Å². The zero-order chi connectivity index (χ0) is 28.6. The molecule has 40 heavy (non-hydrogen) atoms. The van der Waals surface area contributed by atoms with Gasteiger partial charge in [0.1, 0.15) is 17.6 Å². The Balaban J connectivity index is 1.51. The first-order chi connectivity index (χ1) is 19.2. The Labute approximate surface area is 238 Å². The van der Waals surface area contributed by atoms with Crippen LogP contribution in [0.1, 0.15) is 44.3 Å². The van der Waals surface area contributed by atoms with E-state index in [1.807, 2.05) is 35.2 Å². The molecule has 1 N–H and O–H groups in total. The number of aliphatic hydroxyl groups is 1. The monoisotopic (exact) mass is 566 g/mol. The van der Waals surface area contributed by atoms with Crippen molar-refractivity contribution in [3.63, 3.8) is 0 Å². The van der Waals surface area contributed by atoms with Crippen LogP contribution in [0.3, 0.4) is 0 Å². The average molecular weight is 567 g/mol. The molecule has 9 heteroatoms. The van der Waals surface area contributed by atoms with Gasteiger partial charge in [-0.15, -0.1) is 0 Å². The summed E-state index contributed by atoms with van der Waals surface area (Å²) in [6.45, 7) is 8.17. The smallest absolute Gasteiger partial charge is 0.228 e. The van der Waals surface area contributed by atoms with Crippen LogP contribution in [0, 0.1) is 5.92 Å². The summed E-state index contributed by atoms with van der Waals surface area (Å²) in [4.78, 5) is 29.6. The topological polar surface area (TPSA) is 88.5 Å². The van der Waals surface area contributed by atoms with E-state index >= 15 is 0 Å². The molecule has 0 saturated carbocycles. The molecule has 0 aromatic heterocycles. The van der Waals surface area contributed by atoms with Gasteiger partial charge < -0.3 is 29.1 Å². The molecule has 2 aromatic rings. The van der Waals surface area contributed by atoms with Gasteiger partial charge in [-0.3, -0.25) is 9.59 Å². The number of hydrogen-bond acceptors (Lipinski definition) is 6. The van der Waals surface area contributed by atoms with Crippen LogP contribution in [-0.4, -0.2) is 76.0 Å². The van der Waals surface area contributed by atoms with Crippen LogP contribution in [0.2, 0.25) is 18.6 Å². The molecule has 216 valence electrons. The number of fused-ring (bicyclic) bond motifs is 1. The summed E-state index contributed by atoms with van der Waals surface area (Å²) in [5.41, 5.74) is 1.76. The van der Waals surface area contributed by atoms with Crippen molar-refractivity contribution in [1.29, 1.82) is 0 Å². The standard InChI is InChI=1S/C31H42N2O6Si/c1-20-30(38-3)25-17-21(33-16-14-28(33)35)8-13-26(25)39-31(20)27(18-29(36)32-15-6-7-22(32)19-34)40(4,5)24-11-9-23(37-2)10-12-24/h8-13,17,20,22,27,30-31,34H,6-7,14-16,18-19H2,1-5H3/t20-,22+,27?,30-,31-/m1/s1. The highest BCUT2D eigenvalue weighted by Crippen LogP contribution is 2.48. The van der Waals surface area contributed by atoms with E-state index in [1.165, 1.54) is 5.19 Å². The van der Waals surface area contributed by atoms with Crippen LogP contribution in [0.25, 0.3) is 0 Å². The van der Waals surface area contributed by atoms with Gasteiger partial charge in [-0.05, 0) is 43.2 Å². The number of amides is 2. The first-order valence-corrected chi connectivity index (χ1v) is 17.5. The van der Waals surface area contributed by atoms with Gasteiger partial charge in [0.05, 0.1) is 33.9 Å². The maximum Gasteiger partial charge on any atom is 0.228 e. The zero-order valence-corrected chi connectivity index (χ0v) is 25.3. The van der Waals surface area contributed by atoms with E-state index in [1.54, 1.807) is 19.1 Å². The molecule has 2 aromatic carbocycles. The van der Waals surface area contributed by atoms with Gasteiger partial charge in [0.25, 0.3) is 0 Å². The summed E-state index contributed by atoms with van der Waals surface area (Å²) in [6.07, 6.45) is 2.19. The number of benzene rings is 2. The lowest BCUT2D eigenvalue weighted by molar-refractivity contribution is -0.133. The van der Waals surface area contributed by atoms with Gasteiger partial charge in [-0.2, -0.15) is 0 Å². The Hall–Kier alpha value is -2.88. The molecule has 2 saturated heterocycles. The van der Waals surface area contributed by atoms with Crippen molar-refractivity contribution in [2.24, 2.45) is 5.92 Å². The fourth-order valence-electron chi connectivity index (χ4n) is 6.80. The summed E-state index contributed by atoms with van der Waals surface area (Å²) in [5, 5.41) is 11.1. The minimum absolute atomic E-state index is 0.00693.